The van der Waals surface area contributed by atoms with Crippen molar-refractivity contribution in [1.29, 1.82) is 0 Å². The molecule has 15 heavy (non-hydrogen) atoms. The number of aromatic hydroxyl groups is 1. The van der Waals surface area contributed by atoms with Crippen LogP contribution < -0.4 is 0 Å². The highest BCUT2D eigenvalue weighted by Gasteiger charge is 2.20. The maximum atomic E-state index is 11.5. The Morgan fingerprint density at radius 3 is 2.53 bits per heavy atom. The Kier molecular flexibility index (Phi) is 3.16. The summed E-state index contributed by atoms with van der Waals surface area (Å²) in [6.07, 6.45) is -1.40. The summed E-state index contributed by atoms with van der Waals surface area (Å²) in [6, 6.07) is 3.83. The van der Waals surface area contributed by atoms with E-state index in [-0.39, 0.29) is 16.3 Å². The summed E-state index contributed by atoms with van der Waals surface area (Å²) in [5, 5.41) is 18.1. The summed E-state index contributed by atoms with van der Waals surface area (Å²) in [6.45, 7) is 0. The van der Waals surface area contributed by atoms with E-state index >= 15 is 0 Å². The Morgan fingerprint density at radius 1 is 1.40 bits per heavy atom. The molecule has 0 fully saturated rings. The van der Waals surface area contributed by atoms with E-state index in [0.29, 0.717) is 4.90 Å². The van der Waals surface area contributed by atoms with Crippen LogP contribution in [-0.4, -0.2) is 34.2 Å². The van der Waals surface area contributed by atoms with E-state index in [4.69, 9.17) is 16.7 Å². The Bertz CT molecular complexity index is 419. The van der Waals surface area contributed by atoms with Gasteiger partial charge in [0.2, 0.25) is 0 Å². The van der Waals surface area contributed by atoms with E-state index in [1.807, 2.05) is 0 Å². The third-order valence-corrected chi connectivity index (χ3v) is 2.02. The normalized spacial score (nSPS) is 9.73. The van der Waals surface area contributed by atoms with Crippen molar-refractivity contribution in [2.75, 3.05) is 7.05 Å². The first kappa shape index (κ1) is 11.3. The number of amides is 2. The lowest BCUT2D eigenvalue weighted by Gasteiger charge is -2.11. The first-order valence-electron chi connectivity index (χ1n) is 3.93. The number of benzene rings is 1. The zero-order valence-corrected chi connectivity index (χ0v) is 8.52. The van der Waals surface area contributed by atoms with E-state index in [2.05, 4.69) is 0 Å². The highest BCUT2D eigenvalue weighted by molar-refractivity contribution is 6.31. The summed E-state index contributed by atoms with van der Waals surface area (Å²) < 4.78 is 0. The summed E-state index contributed by atoms with van der Waals surface area (Å²) in [4.78, 5) is 22.5. The second kappa shape index (κ2) is 4.18. The number of hydrogen-bond donors (Lipinski definition) is 2. The highest BCUT2D eigenvalue weighted by atomic mass is 35.5. The molecule has 2 N–H and O–H groups in total. The van der Waals surface area contributed by atoms with Gasteiger partial charge in [-0.3, -0.25) is 4.79 Å². The van der Waals surface area contributed by atoms with Crippen LogP contribution in [0.15, 0.2) is 18.2 Å². The molecule has 0 atom stereocenters. The van der Waals surface area contributed by atoms with Crippen LogP contribution in [-0.2, 0) is 0 Å². The molecule has 6 heteroatoms. The maximum Gasteiger partial charge on any atom is 0.414 e. The molecule has 0 saturated carbocycles. The first-order valence-corrected chi connectivity index (χ1v) is 4.30. The molecule has 1 aromatic rings. The number of imide groups is 1. The number of phenolic OH excluding ortho intramolecular Hbond substituents is 1. The fourth-order valence-electron chi connectivity index (χ4n) is 0.947. The molecule has 5 nitrogen and oxygen atoms in total. The van der Waals surface area contributed by atoms with Gasteiger partial charge in [0, 0.05) is 12.1 Å². The molecule has 0 aliphatic carbocycles. The lowest BCUT2D eigenvalue weighted by atomic mass is 10.2. The number of phenols is 1. The van der Waals surface area contributed by atoms with Crippen molar-refractivity contribution in [3.05, 3.63) is 28.8 Å². The lowest BCUT2D eigenvalue weighted by molar-refractivity contribution is 0.0779. The zero-order valence-electron chi connectivity index (χ0n) is 7.77. The van der Waals surface area contributed by atoms with Crippen molar-refractivity contribution in [1.82, 2.24) is 4.90 Å². The monoisotopic (exact) mass is 229 g/mol. The molecule has 2 amide bonds. The molecular weight excluding hydrogens is 222 g/mol. The average molecular weight is 230 g/mol. The predicted octanol–water partition coefficient (Wildman–Crippen LogP) is 1.80. The number of nitrogens with zero attached hydrogens (tertiary/aromatic N) is 1. The molecule has 0 aliphatic rings. The van der Waals surface area contributed by atoms with Crippen LogP contribution in [0.2, 0.25) is 5.02 Å². The van der Waals surface area contributed by atoms with Crippen LogP contribution in [0.4, 0.5) is 4.79 Å². The molecule has 1 rings (SSSR count). The minimum absolute atomic E-state index is 0.146. The minimum Gasteiger partial charge on any atom is -0.507 e. The van der Waals surface area contributed by atoms with E-state index < -0.39 is 12.0 Å². The molecule has 0 unspecified atom stereocenters. The Hall–Kier alpha value is -1.75. The smallest absolute Gasteiger partial charge is 0.414 e. The molecule has 0 heterocycles. The Morgan fingerprint density at radius 2 is 2.00 bits per heavy atom. The summed E-state index contributed by atoms with van der Waals surface area (Å²) in [5.41, 5.74) is -0.146. The summed E-state index contributed by atoms with van der Waals surface area (Å²) in [7, 11) is 1.09. The molecule has 0 spiro atoms. The maximum absolute atomic E-state index is 11.5. The molecule has 0 radical (unpaired) electrons. The van der Waals surface area contributed by atoms with Gasteiger partial charge in [0.1, 0.15) is 5.75 Å². The predicted molar refractivity (Wildman–Crippen MR) is 53.2 cm³/mol. The number of carbonyl (C=O) groups is 2. The molecule has 0 aromatic heterocycles. The van der Waals surface area contributed by atoms with E-state index in [1.54, 1.807) is 0 Å². The van der Waals surface area contributed by atoms with Crippen molar-refractivity contribution < 1.29 is 19.8 Å². The summed E-state index contributed by atoms with van der Waals surface area (Å²) in [5.74, 6) is -1.14. The van der Waals surface area contributed by atoms with Crippen molar-refractivity contribution in [3.8, 4) is 5.75 Å². The Labute approximate surface area is 90.5 Å². The highest BCUT2D eigenvalue weighted by Crippen LogP contribution is 2.22. The van der Waals surface area contributed by atoms with Crippen LogP contribution >= 0.6 is 11.6 Å². The SMILES string of the molecule is CN(C(=O)O)C(=O)c1cc(Cl)ccc1O. The fourth-order valence-corrected chi connectivity index (χ4v) is 1.12. The molecule has 0 saturated heterocycles. The van der Waals surface area contributed by atoms with Gasteiger partial charge in [-0.25, -0.2) is 9.69 Å². The molecular formula is C9H8ClNO4. The van der Waals surface area contributed by atoms with Crippen molar-refractivity contribution in [2.45, 2.75) is 0 Å². The fraction of sp³-hybridized carbons (Fsp3) is 0.111. The second-order valence-corrected chi connectivity index (χ2v) is 3.24. The standard InChI is InChI=1S/C9H8ClNO4/c1-11(9(14)15)8(13)6-4-5(10)2-3-7(6)12/h2-4,12H,1H3,(H,14,15). The number of halogens is 1. The minimum atomic E-state index is -1.40. The van der Waals surface area contributed by atoms with E-state index in [9.17, 15) is 14.7 Å². The van der Waals surface area contributed by atoms with Crippen LogP contribution in [0.1, 0.15) is 10.4 Å². The Balaban J connectivity index is 3.11. The van der Waals surface area contributed by atoms with Gasteiger partial charge in [-0.15, -0.1) is 0 Å². The van der Waals surface area contributed by atoms with Gasteiger partial charge in [0.25, 0.3) is 5.91 Å². The quantitative estimate of drug-likeness (QED) is 0.770. The largest absolute Gasteiger partial charge is 0.507 e. The van der Waals surface area contributed by atoms with Crippen LogP contribution in [0, 0.1) is 0 Å². The van der Waals surface area contributed by atoms with E-state index in [0.717, 1.165) is 7.05 Å². The van der Waals surface area contributed by atoms with Gasteiger partial charge in [0.05, 0.1) is 5.56 Å². The lowest BCUT2D eigenvalue weighted by Crippen LogP contribution is -2.31. The number of carbonyl (C=O) groups excluding carboxylic acids is 1. The van der Waals surface area contributed by atoms with Gasteiger partial charge in [-0.05, 0) is 18.2 Å². The third-order valence-electron chi connectivity index (χ3n) is 1.78. The van der Waals surface area contributed by atoms with Crippen molar-refractivity contribution in [2.24, 2.45) is 0 Å². The van der Waals surface area contributed by atoms with Crippen LogP contribution in [0.5, 0.6) is 5.75 Å². The zero-order chi connectivity index (χ0) is 11.6. The molecule has 1 aromatic carbocycles. The number of hydrogen-bond acceptors (Lipinski definition) is 3. The van der Waals surface area contributed by atoms with Crippen LogP contribution in [0.3, 0.4) is 0 Å². The molecule has 80 valence electrons. The van der Waals surface area contributed by atoms with Crippen molar-refractivity contribution in [3.63, 3.8) is 0 Å². The van der Waals surface area contributed by atoms with Crippen LogP contribution in [0.25, 0.3) is 0 Å². The van der Waals surface area contributed by atoms with Crippen molar-refractivity contribution >= 4 is 23.6 Å². The average Bonchev–Trinajstić information content (AvgIpc) is 2.19. The van der Waals surface area contributed by atoms with Gasteiger partial charge in [-0.2, -0.15) is 0 Å². The third kappa shape index (κ3) is 2.38. The van der Waals surface area contributed by atoms with E-state index in [1.165, 1.54) is 18.2 Å². The molecule has 0 aliphatic heterocycles. The summed E-state index contributed by atoms with van der Waals surface area (Å²) >= 11 is 5.62. The van der Waals surface area contributed by atoms with Gasteiger partial charge >= 0.3 is 6.09 Å². The van der Waals surface area contributed by atoms with Gasteiger partial charge < -0.3 is 10.2 Å². The number of rotatable bonds is 1. The topological polar surface area (TPSA) is 77.8 Å². The number of carboxylic acid groups (broad SMARTS) is 1. The molecule has 0 bridgehead atoms. The second-order valence-electron chi connectivity index (χ2n) is 2.81. The first-order chi connectivity index (χ1) is 6.93. The van der Waals surface area contributed by atoms with Gasteiger partial charge in [0.15, 0.2) is 0 Å². The van der Waals surface area contributed by atoms with Gasteiger partial charge in [-0.1, -0.05) is 11.6 Å².